The van der Waals surface area contributed by atoms with E-state index in [0.29, 0.717) is 6.42 Å². The molecule has 0 unspecified atom stereocenters. The van der Waals surface area contributed by atoms with Crippen LogP contribution in [0.25, 0.3) is 0 Å². The molecule has 1 aromatic heterocycles. The molecule has 3 rings (SSSR count). The van der Waals surface area contributed by atoms with E-state index in [9.17, 15) is 23.1 Å². The Morgan fingerprint density at radius 3 is 2.41 bits per heavy atom. The number of aromatic nitrogens is 3. The van der Waals surface area contributed by atoms with Crippen molar-refractivity contribution in [2.45, 2.75) is 88.4 Å². The van der Waals surface area contributed by atoms with Gasteiger partial charge in [-0.1, -0.05) is 31.9 Å². The maximum Gasteiger partial charge on any atom is 1.00 e. The smallest absolute Gasteiger partial charge is 0.548 e. The van der Waals surface area contributed by atoms with Gasteiger partial charge in [0, 0.05) is 0 Å². The van der Waals surface area contributed by atoms with Crippen molar-refractivity contribution in [2.24, 2.45) is 0 Å². The summed E-state index contributed by atoms with van der Waals surface area (Å²) in [7, 11) is -3.90. The number of unbranched alkanes of at least 4 members (excludes halogenated alkanes) is 2. The normalized spacial score (nSPS) is 27.3. The van der Waals surface area contributed by atoms with Crippen molar-refractivity contribution in [3.8, 4) is 0 Å². The van der Waals surface area contributed by atoms with E-state index >= 15 is 0 Å². The van der Waals surface area contributed by atoms with Gasteiger partial charge in [-0.2, -0.15) is 0 Å². The maximum atomic E-state index is 13.1. The minimum Gasteiger partial charge on any atom is -0.548 e. The Morgan fingerprint density at radius 2 is 1.86 bits per heavy atom. The zero-order valence-corrected chi connectivity index (χ0v) is 20.4. The van der Waals surface area contributed by atoms with Crippen molar-refractivity contribution < 1.29 is 52.7 Å². The standard InChI is InChI=1S/C18H28N4O5S.Na/c1-4-6-8-12-13(9-7-5-2)21(20-19-12)11-18(3)16(17(24)25)22-14(23)10-15(22)28(18,26)27;/h15-16H,4-11H2,1-3H3,(H,24,25);/q;+1/p-1/t15-,16+,18+;/m1./s1. The van der Waals surface area contributed by atoms with Crippen molar-refractivity contribution in [1.82, 2.24) is 19.9 Å². The van der Waals surface area contributed by atoms with Gasteiger partial charge in [-0.15, -0.1) is 5.10 Å². The number of carboxylic acids is 1. The first-order valence-electron chi connectivity index (χ1n) is 9.85. The largest absolute Gasteiger partial charge is 1.00 e. The van der Waals surface area contributed by atoms with Crippen LogP contribution in [0, 0.1) is 0 Å². The van der Waals surface area contributed by atoms with Gasteiger partial charge in [-0.3, -0.25) is 4.79 Å². The summed E-state index contributed by atoms with van der Waals surface area (Å²) >= 11 is 0. The zero-order chi connectivity index (χ0) is 20.7. The number of carbonyl (C=O) groups is 2. The quantitative estimate of drug-likeness (QED) is 0.297. The molecule has 2 fully saturated rings. The van der Waals surface area contributed by atoms with Crippen LogP contribution < -0.4 is 34.7 Å². The molecule has 11 heteroatoms. The second-order valence-electron chi connectivity index (χ2n) is 7.89. The molecule has 9 nitrogen and oxygen atoms in total. The van der Waals surface area contributed by atoms with Gasteiger partial charge in [0.05, 0.1) is 36.4 Å². The molecule has 29 heavy (non-hydrogen) atoms. The van der Waals surface area contributed by atoms with Crippen molar-refractivity contribution in [3.63, 3.8) is 0 Å². The molecule has 2 aliphatic rings. The molecular weight excluding hydrogens is 407 g/mol. The number of hydrogen-bond donors (Lipinski definition) is 0. The SMILES string of the molecule is CCCCc1nnn(C[C@@]2(C)[C@H](C(=O)[O-])N3C(=O)C[C@H]3S2(=O)=O)c1CCCC.[Na+]. The molecule has 0 spiro atoms. The Balaban J connectivity index is 0.00000300. The fourth-order valence-corrected chi connectivity index (χ4v) is 6.56. The van der Waals surface area contributed by atoms with E-state index in [2.05, 4.69) is 24.2 Å². The summed E-state index contributed by atoms with van der Waals surface area (Å²) in [6.07, 6.45) is 5.06. The predicted molar refractivity (Wildman–Crippen MR) is 98.6 cm³/mol. The van der Waals surface area contributed by atoms with Gasteiger partial charge in [-0.25, -0.2) is 13.1 Å². The number of fused-ring (bicyclic) bond motifs is 1. The van der Waals surface area contributed by atoms with Gasteiger partial charge < -0.3 is 14.8 Å². The summed E-state index contributed by atoms with van der Waals surface area (Å²) in [5, 5.41) is 19.1. The van der Waals surface area contributed by atoms with Crippen LogP contribution in [0.3, 0.4) is 0 Å². The Labute approximate surface area is 193 Å². The van der Waals surface area contributed by atoms with Crippen molar-refractivity contribution in [2.75, 3.05) is 0 Å². The van der Waals surface area contributed by atoms with Gasteiger partial charge in [0.1, 0.15) is 10.1 Å². The third-order valence-electron chi connectivity index (χ3n) is 5.95. The number of nitrogens with zero attached hydrogens (tertiary/aromatic N) is 4. The number of amides is 1. The van der Waals surface area contributed by atoms with Gasteiger partial charge in [-0.05, 0) is 32.6 Å². The number of β-lactam (4-membered cyclic amide) rings is 1. The third-order valence-corrected chi connectivity index (χ3v) is 8.71. The van der Waals surface area contributed by atoms with Crippen LogP contribution in [0.5, 0.6) is 0 Å². The molecule has 1 amide bonds. The first-order chi connectivity index (χ1) is 13.2. The number of hydrogen-bond acceptors (Lipinski definition) is 7. The molecule has 156 valence electrons. The first-order valence-corrected chi connectivity index (χ1v) is 11.4. The van der Waals surface area contributed by atoms with Crippen LogP contribution in [-0.2, 0) is 38.8 Å². The monoisotopic (exact) mass is 434 g/mol. The van der Waals surface area contributed by atoms with E-state index in [1.54, 1.807) is 0 Å². The van der Waals surface area contributed by atoms with Crippen LogP contribution >= 0.6 is 0 Å². The second-order valence-corrected chi connectivity index (χ2v) is 10.5. The van der Waals surface area contributed by atoms with Crippen molar-refractivity contribution in [3.05, 3.63) is 11.4 Å². The van der Waals surface area contributed by atoms with Crippen LogP contribution in [0.4, 0.5) is 0 Å². The average molecular weight is 434 g/mol. The summed E-state index contributed by atoms with van der Waals surface area (Å²) < 4.78 is 26.0. The Kier molecular flexibility index (Phi) is 7.57. The summed E-state index contributed by atoms with van der Waals surface area (Å²) in [5.74, 6) is -2.03. The van der Waals surface area contributed by atoms with Crippen LogP contribution in [0.1, 0.15) is 64.3 Å². The number of aryl methyl sites for hydroxylation is 1. The molecule has 0 bridgehead atoms. The molecule has 3 atom stereocenters. The molecule has 0 N–H and O–H groups in total. The predicted octanol–water partition coefficient (Wildman–Crippen LogP) is -3.17. The molecular formula is C18H27N4NaO5S. The van der Waals surface area contributed by atoms with E-state index in [1.165, 1.54) is 11.6 Å². The summed E-state index contributed by atoms with van der Waals surface area (Å²) in [6.45, 7) is 5.36. The van der Waals surface area contributed by atoms with Crippen LogP contribution in [0.15, 0.2) is 0 Å². The Hall–Kier alpha value is -0.970. The summed E-state index contributed by atoms with van der Waals surface area (Å²) in [6, 6.07) is -1.52. The van der Waals surface area contributed by atoms with E-state index in [4.69, 9.17) is 0 Å². The van der Waals surface area contributed by atoms with E-state index in [0.717, 1.165) is 48.4 Å². The number of carbonyl (C=O) groups excluding carboxylic acids is 2. The third kappa shape index (κ3) is 3.88. The first kappa shape index (κ1) is 24.3. The molecule has 0 aliphatic carbocycles. The maximum absolute atomic E-state index is 13.1. The van der Waals surface area contributed by atoms with Gasteiger partial charge in [0.15, 0.2) is 9.84 Å². The fraction of sp³-hybridized carbons (Fsp3) is 0.778. The molecule has 1 aromatic rings. The van der Waals surface area contributed by atoms with E-state index in [-0.39, 0.29) is 42.5 Å². The van der Waals surface area contributed by atoms with Crippen LogP contribution in [0.2, 0.25) is 0 Å². The number of sulfone groups is 1. The molecule has 3 heterocycles. The minimum atomic E-state index is -3.90. The Morgan fingerprint density at radius 1 is 1.24 bits per heavy atom. The van der Waals surface area contributed by atoms with E-state index < -0.39 is 37.9 Å². The van der Waals surface area contributed by atoms with Gasteiger partial charge in [0.25, 0.3) is 0 Å². The summed E-state index contributed by atoms with van der Waals surface area (Å²) in [5.41, 5.74) is 1.68. The van der Waals surface area contributed by atoms with Crippen molar-refractivity contribution in [1.29, 1.82) is 0 Å². The summed E-state index contributed by atoms with van der Waals surface area (Å²) in [4.78, 5) is 24.7. The fourth-order valence-electron chi connectivity index (χ4n) is 4.22. The zero-order valence-electron chi connectivity index (χ0n) is 17.5. The number of carboxylic acid groups (broad SMARTS) is 1. The van der Waals surface area contributed by atoms with Gasteiger partial charge in [0.2, 0.25) is 5.91 Å². The topological polar surface area (TPSA) is 125 Å². The van der Waals surface area contributed by atoms with E-state index in [1.807, 2.05) is 0 Å². The van der Waals surface area contributed by atoms with Gasteiger partial charge >= 0.3 is 29.6 Å². The van der Waals surface area contributed by atoms with Crippen molar-refractivity contribution >= 4 is 21.7 Å². The molecule has 0 aromatic carbocycles. The molecule has 0 saturated carbocycles. The molecule has 2 saturated heterocycles. The molecule has 2 aliphatic heterocycles. The number of aliphatic carboxylic acids is 1. The second kappa shape index (κ2) is 9.03. The van der Waals surface area contributed by atoms with Crippen LogP contribution in [-0.4, -0.2) is 56.4 Å². The number of rotatable bonds is 9. The Bertz CT molecular complexity index is 887. The average Bonchev–Trinajstić information content (AvgIpc) is 3.06. The molecule has 0 radical (unpaired) electrons. The minimum absolute atomic E-state index is 0.